The van der Waals surface area contributed by atoms with Crippen LogP contribution in [0.1, 0.15) is 10.4 Å². The molecule has 0 saturated carbocycles. The summed E-state index contributed by atoms with van der Waals surface area (Å²) < 4.78 is 11.3. The fourth-order valence-electron chi connectivity index (χ4n) is 4.76. The van der Waals surface area contributed by atoms with Gasteiger partial charge in [0.1, 0.15) is 12.4 Å². The van der Waals surface area contributed by atoms with Crippen LogP contribution in [0.3, 0.4) is 0 Å². The number of morpholine rings is 1. The topological polar surface area (TPSA) is 79.8 Å². The molecular formula is C27H23Cl2N5O3. The highest BCUT2D eigenvalue weighted by atomic mass is 35.5. The third kappa shape index (κ3) is 4.41. The summed E-state index contributed by atoms with van der Waals surface area (Å²) in [5, 5.41) is 3.47. The first kappa shape index (κ1) is 23.8. The number of para-hydroxylation sites is 2. The number of hydrogen-bond donors (Lipinski definition) is 1. The smallest absolute Gasteiger partial charge is 0.273 e. The first-order valence-electron chi connectivity index (χ1n) is 12.0. The van der Waals surface area contributed by atoms with Crippen molar-refractivity contribution in [3.8, 4) is 17.0 Å². The Morgan fingerprint density at radius 3 is 2.65 bits per heavy atom. The average Bonchev–Trinajstić information content (AvgIpc) is 2.94. The molecular weight excluding hydrogens is 513 g/mol. The first-order valence-corrected chi connectivity index (χ1v) is 12.7. The largest absolute Gasteiger partial charge is 0.489 e. The zero-order valence-corrected chi connectivity index (χ0v) is 21.3. The van der Waals surface area contributed by atoms with E-state index >= 15 is 0 Å². The predicted octanol–water partition coefficient (Wildman–Crippen LogP) is 4.98. The molecule has 8 nitrogen and oxygen atoms in total. The first-order chi connectivity index (χ1) is 18.1. The average molecular weight is 536 g/mol. The lowest BCUT2D eigenvalue weighted by molar-refractivity contribution is 0.0943. The van der Waals surface area contributed by atoms with E-state index in [-0.39, 0.29) is 5.91 Å². The molecule has 2 aromatic heterocycles. The maximum absolute atomic E-state index is 13.7. The lowest BCUT2D eigenvalue weighted by Crippen LogP contribution is -2.47. The van der Waals surface area contributed by atoms with Crippen LogP contribution in [0.15, 0.2) is 60.9 Å². The number of aromatic nitrogens is 2. The maximum Gasteiger partial charge on any atom is 0.273 e. The van der Waals surface area contributed by atoms with Crippen LogP contribution in [-0.2, 0) is 4.74 Å². The second-order valence-electron chi connectivity index (χ2n) is 8.69. The number of anilines is 2. The summed E-state index contributed by atoms with van der Waals surface area (Å²) in [6.45, 7) is 3.43. The van der Waals surface area contributed by atoms with Crippen LogP contribution in [-0.4, -0.2) is 55.3 Å². The van der Waals surface area contributed by atoms with E-state index in [0.717, 1.165) is 22.5 Å². The number of benzene rings is 2. The molecule has 0 unspecified atom stereocenters. The van der Waals surface area contributed by atoms with Gasteiger partial charge in [-0.15, -0.1) is 0 Å². The summed E-state index contributed by atoms with van der Waals surface area (Å²) in [6.07, 6.45) is 3.32. The monoisotopic (exact) mass is 535 g/mol. The molecule has 1 N–H and O–H groups in total. The minimum atomic E-state index is -0.258. The lowest BCUT2D eigenvalue weighted by atomic mass is 10.0. The molecule has 4 heterocycles. The van der Waals surface area contributed by atoms with Crippen LogP contribution in [0.4, 0.5) is 11.4 Å². The van der Waals surface area contributed by atoms with Gasteiger partial charge in [-0.05, 0) is 24.3 Å². The summed E-state index contributed by atoms with van der Waals surface area (Å²) in [5.41, 5.74) is 7.05. The molecule has 0 aliphatic carbocycles. The molecule has 1 amide bonds. The predicted molar refractivity (Wildman–Crippen MR) is 145 cm³/mol. The summed E-state index contributed by atoms with van der Waals surface area (Å²) >= 11 is 12.8. The molecule has 1 fully saturated rings. The van der Waals surface area contributed by atoms with Gasteiger partial charge in [-0.3, -0.25) is 25.2 Å². The third-order valence-electron chi connectivity index (χ3n) is 6.50. The number of hydrogen-bond acceptors (Lipinski definition) is 7. The number of pyridine rings is 2. The Labute approximate surface area is 223 Å². The highest BCUT2D eigenvalue weighted by Gasteiger charge is 2.27. The van der Waals surface area contributed by atoms with E-state index in [9.17, 15) is 4.79 Å². The SMILES string of the molecule is O=C(NN1CCOc2ccccc21)c1cnc2c(-c3cccc(Cl)c3Cl)nccc2c1N1CCOCC1. The summed E-state index contributed by atoms with van der Waals surface area (Å²) in [4.78, 5) is 25.2. The van der Waals surface area contributed by atoms with Crippen molar-refractivity contribution in [2.24, 2.45) is 0 Å². The molecule has 2 aliphatic heterocycles. The van der Waals surface area contributed by atoms with Crippen LogP contribution in [0, 0.1) is 0 Å². The van der Waals surface area contributed by atoms with Crippen LogP contribution >= 0.6 is 23.2 Å². The number of nitrogens with one attached hydrogen (secondary N) is 1. The van der Waals surface area contributed by atoms with Crippen molar-refractivity contribution in [2.75, 3.05) is 49.4 Å². The van der Waals surface area contributed by atoms with Gasteiger partial charge in [0.25, 0.3) is 5.91 Å². The van der Waals surface area contributed by atoms with Gasteiger partial charge in [0.05, 0.1) is 58.0 Å². The number of halogens is 2. The summed E-state index contributed by atoms with van der Waals surface area (Å²) in [5.74, 6) is 0.472. The van der Waals surface area contributed by atoms with Gasteiger partial charge < -0.3 is 14.4 Å². The number of rotatable bonds is 4. The number of amides is 1. The van der Waals surface area contributed by atoms with E-state index in [1.807, 2.05) is 47.5 Å². The van der Waals surface area contributed by atoms with Gasteiger partial charge >= 0.3 is 0 Å². The van der Waals surface area contributed by atoms with Crippen LogP contribution in [0.25, 0.3) is 22.2 Å². The van der Waals surface area contributed by atoms with Crippen molar-refractivity contribution in [1.82, 2.24) is 15.4 Å². The van der Waals surface area contributed by atoms with Crippen LogP contribution < -0.4 is 20.1 Å². The molecule has 0 spiro atoms. The Hall–Kier alpha value is -3.59. The van der Waals surface area contributed by atoms with Crippen molar-refractivity contribution in [3.63, 3.8) is 0 Å². The van der Waals surface area contributed by atoms with Gasteiger partial charge in [-0.25, -0.2) is 0 Å². The molecule has 37 heavy (non-hydrogen) atoms. The highest BCUT2D eigenvalue weighted by molar-refractivity contribution is 6.43. The zero-order valence-electron chi connectivity index (χ0n) is 19.8. The Kier molecular flexibility index (Phi) is 6.46. The fraction of sp³-hybridized carbons (Fsp3) is 0.222. The van der Waals surface area contributed by atoms with E-state index in [4.69, 9.17) is 37.7 Å². The molecule has 0 atom stereocenters. The van der Waals surface area contributed by atoms with Gasteiger partial charge in [0.2, 0.25) is 0 Å². The molecule has 10 heteroatoms. The number of fused-ring (bicyclic) bond motifs is 2. The Morgan fingerprint density at radius 2 is 1.78 bits per heavy atom. The Balaban J connectivity index is 1.46. The normalized spacial score (nSPS) is 15.3. The Bertz CT molecular complexity index is 1490. The molecule has 2 aromatic carbocycles. The molecule has 0 bridgehead atoms. The van der Waals surface area contributed by atoms with E-state index in [0.29, 0.717) is 71.8 Å². The van der Waals surface area contributed by atoms with Gasteiger partial charge in [0, 0.05) is 36.4 Å². The van der Waals surface area contributed by atoms with E-state index < -0.39 is 0 Å². The van der Waals surface area contributed by atoms with Crippen molar-refractivity contribution < 1.29 is 14.3 Å². The lowest BCUT2D eigenvalue weighted by Gasteiger charge is -2.33. The Morgan fingerprint density at radius 1 is 0.946 bits per heavy atom. The van der Waals surface area contributed by atoms with E-state index in [2.05, 4.69) is 15.3 Å². The van der Waals surface area contributed by atoms with Crippen molar-refractivity contribution in [3.05, 3.63) is 76.5 Å². The quantitative estimate of drug-likeness (QED) is 0.394. The van der Waals surface area contributed by atoms with Gasteiger partial charge in [-0.1, -0.05) is 47.5 Å². The second-order valence-corrected chi connectivity index (χ2v) is 9.47. The standard InChI is InChI=1S/C27H23Cl2N5O3/c28-20-5-3-4-17(23(20)29)24-25-18(8-9-30-24)26(33-10-13-36-14-11-33)19(16-31-25)27(35)32-34-12-15-37-22-7-2-1-6-21(22)34/h1-9,16H,10-15H2,(H,32,35). The molecule has 6 rings (SSSR count). The molecule has 0 radical (unpaired) electrons. The molecule has 2 aliphatic rings. The molecule has 1 saturated heterocycles. The van der Waals surface area contributed by atoms with Crippen molar-refractivity contribution in [2.45, 2.75) is 0 Å². The summed E-state index contributed by atoms with van der Waals surface area (Å²) in [7, 11) is 0. The minimum absolute atomic E-state index is 0.258. The van der Waals surface area contributed by atoms with Crippen LogP contribution in [0.2, 0.25) is 10.0 Å². The van der Waals surface area contributed by atoms with Gasteiger partial charge in [0.15, 0.2) is 0 Å². The summed E-state index contributed by atoms with van der Waals surface area (Å²) in [6, 6.07) is 14.9. The molecule has 188 valence electrons. The number of hydrazine groups is 1. The third-order valence-corrected chi connectivity index (χ3v) is 7.32. The number of nitrogens with zero attached hydrogens (tertiary/aromatic N) is 4. The van der Waals surface area contributed by atoms with Crippen molar-refractivity contribution >= 4 is 51.4 Å². The van der Waals surface area contributed by atoms with Crippen LogP contribution in [0.5, 0.6) is 5.75 Å². The van der Waals surface area contributed by atoms with E-state index in [1.165, 1.54) is 0 Å². The number of carbonyl (C=O) groups is 1. The highest BCUT2D eigenvalue weighted by Crippen LogP contribution is 2.39. The fourth-order valence-corrected chi connectivity index (χ4v) is 5.15. The van der Waals surface area contributed by atoms with Crippen molar-refractivity contribution in [1.29, 1.82) is 0 Å². The second kappa shape index (κ2) is 10.0. The number of ether oxygens (including phenoxy) is 2. The zero-order chi connectivity index (χ0) is 25.4. The van der Waals surface area contributed by atoms with E-state index in [1.54, 1.807) is 18.5 Å². The molecule has 4 aromatic rings. The maximum atomic E-state index is 13.7. The van der Waals surface area contributed by atoms with Gasteiger partial charge in [-0.2, -0.15) is 0 Å². The minimum Gasteiger partial charge on any atom is -0.489 e. The number of carbonyl (C=O) groups excluding carboxylic acids is 1.